The van der Waals surface area contributed by atoms with E-state index in [4.69, 9.17) is 0 Å². The first-order chi connectivity index (χ1) is 11.1. The Bertz CT molecular complexity index is 644. The van der Waals surface area contributed by atoms with Gasteiger partial charge in [-0.05, 0) is 45.2 Å². The minimum absolute atomic E-state index is 0.0921. The molecule has 2 N–H and O–H groups in total. The van der Waals surface area contributed by atoms with Crippen molar-refractivity contribution >= 4 is 0 Å². The number of phenolic OH excluding ortho intramolecular Hbond substituents is 1. The van der Waals surface area contributed by atoms with Gasteiger partial charge in [0.05, 0.1) is 0 Å². The van der Waals surface area contributed by atoms with Crippen LogP contribution in [0.3, 0.4) is 0 Å². The summed E-state index contributed by atoms with van der Waals surface area (Å²) in [6, 6.07) is 8.30. The summed E-state index contributed by atoms with van der Waals surface area (Å²) < 4.78 is 0. The second-order valence-corrected chi connectivity index (χ2v) is 8.50. The molecule has 0 spiro atoms. The molecule has 1 heterocycles. The molecule has 0 aliphatic rings. The van der Waals surface area contributed by atoms with E-state index in [0.29, 0.717) is 5.75 Å². The molecule has 0 amide bonds. The van der Waals surface area contributed by atoms with Crippen LogP contribution in [0.5, 0.6) is 5.75 Å². The number of hydrogen-bond acceptors (Lipinski definition) is 3. The summed E-state index contributed by atoms with van der Waals surface area (Å²) in [4.78, 5) is 4.04. The lowest BCUT2D eigenvalue weighted by Crippen LogP contribution is -2.19. The highest BCUT2D eigenvalue weighted by Gasteiger charge is 2.26. The van der Waals surface area contributed by atoms with Crippen LogP contribution in [-0.4, -0.2) is 10.1 Å². The maximum Gasteiger partial charge on any atom is 0.123 e. The number of benzene rings is 1. The van der Waals surface area contributed by atoms with E-state index in [1.807, 2.05) is 24.5 Å². The molecule has 0 aliphatic heterocycles. The molecule has 0 atom stereocenters. The van der Waals surface area contributed by atoms with Gasteiger partial charge in [-0.1, -0.05) is 53.7 Å². The highest BCUT2D eigenvalue weighted by atomic mass is 16.3. The van der Waals surface area contributed by atoms with Crippen molar-refractivity contribution in [3.8, 4) is 5.75 Å². The number of phenols is 1. The van der Waals surface area contributed by atoms with Gasteiger partial charge in [0.15, 0.2) is 0 Å². The second kappa shape index (κ2) is 6.94. The quantitative estimate of drug-likeness (QED) is 0.858. The molecule has 1 aromatic carbocycles. The average Bonchev–Trinajstić information content (AvgIpc) is 2.47. The van der Waals surface area contributed by atoms with Crippen molar-refractivity contribution < 1.29 is 5.11 Å². The molecule has 3 nitrogen and oxygen atoms in total. The zero-order valence-electron chi connectivity index (χ0n) is 15.8. The molecule has 0 aliphatic carbocycles. The Labute approximate surface area is 146 Å². The Morgan fingerprint density at radius 1 is 0.833 bits per heavy atom. The fourth-order valence-electron chi connectivity index (χ4n) is 2.79. The summed E-state index contributed by atoms with van der Waals surface area (Å²) in [5, 5.41) is 14.2. The molecule has 1 aromatic heterocycles. The number of aromatic nitrogens is 1. The first kappa shape index (κ1) is 18.5. The number of nitrogens with zero attached hydrogens (tertiary/aromatic N) is 1. The summed E-state index contributed by atoms with van der Waals surface area (Å²) in [5.74, 6) is 0.438. The fraction of sp³-hybridized carbons (Fsp3) is 0.476. The number of aromatic hydroxyl groups is 1. The van der Waals surface area contributed by atoms with Crippen molar-refractivity contribution in [2.45, 2.75) is 65.5 Å². The van der Waals surface area contributed by atoms with Gasteiger partial charge in [0, 0.05) is 25.5 Å². The molecule has 130 valence electrons. The van der Waals surface area contributed by atoms with Gasteiger partial charge in [-0.3, -0.25) is 4.98 Å². The third-order valence-corrected chi connectivity index (χ3v) is 4.19. The predicted octanol–water partition coefficient (Wildman–Crippen LogP) is 4.67. The van der Waals surface area contributed by atoms with E-state index in [-0.39, 0.29) is 10.8 Å². The molecule has 24 heavy (non-hydrogen) atoms. The van der Waals surface area contributed by atoms with Crippen molar-refractivity contribution in [2.75, 3.05) is 0 Å². The number of nitrogens with one attached hydrogen (secondary N) is 1. The molecule has 3 heteroatoms. The zero-order chi connectivity index (χ0) is 18.0. The Kier molecular flexibility index (Phi) is 5.34. The minimum atomic E-state index is -0.0921. The maximum absolute atomic E-state index is 10.8. The smallest absolute Gasteiger partial charge is 0.123 e. The van der Waals surface area contributed by atoms with Gasteiger partial charge in [0.1, 0.15) is 5.75 Å². The molecule has 0 saturated heterocycles. The highest BCUT2D eigenvalue weighted by molar-refractivity contribution is 5.49. The van der Waals surface area contributed by atoms with Crippen LogP contribution >= 0.6 is 0 Å². The Hall–Kier alpha value is -1.87. The van der Waals surface area contributed by atoms with Crippen molar-refractivity contribution in [3.63, 3.8) is 0 Å². The van der Waals surface area contributed by atoms with Gasteiger partial charge in [-0.15, -0.1) is 0 Å². The lowest BCUT2D eigenvalue weighted by atomic mass is 9.78. The van der Waals surface area contributed by atoms with E-state index in [9.17, 15) is 5.11 Å². The summed E-state index contributed by atoms with van der Waals surface area (Å²) in [5.41, 5.74) is 4.26. The van der Waals surface area contributed by atoms with Gasteiger partial charge >= 0.3 is 0 Å². The Morgan fingerprint density at radius 3 is 1.75 bits per heavy atom. The Morgan fingerprint density at radius 2 is 1.29 bits per heavy atom. The van der Waals surface area contributed by atoms with Crippen LogP contribution in [0.1, 0.15) is 63.8 Å². The average molecular weight is 326 g/mol. The van der Waals surface area contributed by atoms with Crippen LogP contribution in [0.25, 0.3) is 0 Å². The standard InChI is InChI=1S/C21H30N2O/c1-20(2,3)17-11-16(12-18(19(17)24)21(4,5)6)14-23-13-15-7-9-22-10-8-15/h7-12,23-24H,13-14H2,1-6H3. The second-order valence-electron chi connectivity index (χ2n) is 8.50. The molecule has 0 bridgehead atoms. The van der Waals surface area contributed by atoms with Crippen LogP contribution in [0.15, 0.2) is 36.7 Å². The third-order valence-electron chi connectivity index (χ3n) is 4.19. The SMILES string of the molecule is CC(C)(C)c1cc(CNCc2ccncc2)cc(C(C)(C)C)c1O. The zero-order valence-corrected chi connectivity index (χ0v) is 15.8. The van der Waals surface area contributed by atoms with E-state index in [1.165, 1.54) is 11.1 Å². The fourth-order valence-corrected chi connectivity index (χ4v) is 2.79. The van der Waals surface area contributed by atoms with Gasteiger partial charge in [0.25, 0.3) is 0 Å². The van der Waals surface area contributed by atoms with Crippen molar-refractivity contribution in [1.82, 2.24) is 10.3 Å². The van der Waals surface area contributed by atoms with E-state index < -0.39 is 0 Å². The molecule has 0 unspecified atom stereocenters. The van der Waals surface area contributed by atoms with Crippen LogP contribution in [0, 0.1) is 0 Å². The minimum Gasteiger partial charge on any atom is -0.507 e. The van der Waals surface area contributed by atoms with Crippen LogP contribution in [0.2, 0.25) is 0 Å². The highest BCUT2D eigenvalue weighted by Crippen LogP contribution is 2.39. The summed E-state index contributed by atoms with van der Waals surface area (Å²) in [7, 11) is 0. The van der Waals surface area contributed by atoms with Gasteiger partial charge in [0.2, 0.25) is 0 Å². The maximum atomic E-state index is 10.8. The molecular weight excluding hydrogens is 296 g/mol. The topological polar surface area (TPSA) is 45.2 Å². The third kappa shape index (κ3) is 4.57. The van der Waals surface area contributed by atoms with E-state index in [1.54, 1.807) is 0 Å². The normalized spacial score (nSPS) is 12.4. The molecule has 0 radical (unpaired) electrons. The molecular formula is C21H30N2O. The van der Waals surface area contributed by atoms with Crippen molar-refractivity contribution in [1.29, 1.82) is 0 Å². The van der Waals surface area contributed by atoms with E-state index in [2.05, 4.69) is 64.0 Å². The molecule has 0 saturated carbocycles. The van der Waals surface area contributed by atoms with Crippen molar-refractivity contribution in [2.24, 2.45) is 0 Å². The predicted molar refractivity (Wildman–Crippen MR) is 100 cm³/mol. The summed E-state index contributed by atoms with van der Waals surface area (Å²) in [6.07, 6.45) is 3.62. The van der Waals surface area contributed by atoms with E-state index in [0.717, 1.165) is 24.2 Å². The summed E-state index contributed by atoms with van der Waals surface area (Å²) >= 11 is 0. The lowest BCUT2D eigenvalue weighted by Gasteiger charge is -2.28. The summed E-state index contributed by atoms with van der Waals surface area (Å²) in [6.45, 7) is 14.4. The lowest BCUT2D eigenvalue weighted by molar-refractivity contribution is 0.422. The van der Waals surface area contributed by atoms with Crippen molar-refractivity contribution in [3.05, 3.63) is 58.9 Å². The molecule has 2 rings (SSSR count). The molecule has 2 aromatic rings. The van der Waals surface area contributed by atoms with Gasteiger partial charge in [-0.2, -0.15) is 0 Å². The van der Waals surface area contributed by atoms with Crippen LogP contribution in [-0.2, 0) is 23.9 Å². The largest absolute Gasteiger partial charge is 0.507 e. The number of hydrogen-bond donors (Lipinski definition) is 2. The number of rotatable bonds is 4. The van der Waals surface area contributed by atoms with Crippen LogP contribution < -0.4 is 5.32 Å². The van der Waals surface area contributed by atoms with E-state index >= 15 is 0 Å². The van der Waals surface area contributed by atoms with Gasteiger partial charge in [-0.25, -0.2) is 0 Å². The first-order valence-electron chi connectivity index (χ1n) is 8.55. The Balaban J connectivity index is 2.26. The van der Waals surface area contributed by atoms with Crippen LogP contribution in [0.4, 0.5) is 0 Å². The number of pyridine rings is 1. The monoisotopic (exact) mass is 326 g/mol. The molecule has 0 fully saturated rings. The first-order valence-corrected chi connectivity index (χ1v) is 8.55. The van der Waals surface area contributed by atoms with Gasteiger partial charge < -0.3 is 10.4 Å².